The van der Waals surface area contributed by atoms with Gasteiger partial charge in [-0.1, -0.05) is 13.8 Å². The molecule has 1 rings (SSSR count). The van der Waals surface area contributed by atoms with E-state index >= 15 is 0 Å². The number of nitrogens with zero attached hydrogens (tertiary/aromatic N) is 1. The van der Waals surface area contributed by atoms with Gasteiger partial charge in [0.1, 0.15) is 0 Å². The van der Waals surface area contributed by atoms with Gasteiger partial charge in [-0.05, 0) is 24.7 Å². The van der Waals surface area contributed by atoms with Crippen LogP contribution in [0.15, 0.2) is 0 Å². The van der Waals surface area contributed by atoms with E-state index in [1.165, 1.54) is 0 Å². The van der Waals surface area contributed by atoms with E-state index in [1.54, 1.807) is 4.90 Å². The molecule has 7 heteroatoms. The van der Waals surface area contributed by atoms with E-state index in [0.717, 1.165) is 12.8 Å². The summed E-state index contributed by atoms with van der Waals surface area (Å²) >= 11 is 0. The Morgan fingerprint density at radius 3 is 2.29 bits per heavy atom. The summed E-state index contributed by atoms with van der Waals surface area (Å²) in [6.07, 6.45) is 1.93. The van der Waals surface area contributed by atoms with Crippen LogP contribution in [0.25, 0.3) is 0 Å². The first-order valence-corrected chi connectivity index (χ1v) is 9.28. The molecule has 1 aliphatic rings. The van der Waals surface area contributed by atoms with E-state index in [2.05, 4.69) is 0 Å². The molecule has 0 aromatic rings. The van der Waals surface area contributed by atoms with E-state index in [0.29, 0.717) is 19.5 Å². The molecule has 0 spiro atoms. The summed E-state index contributed by atoms with van der Waals surface area (Å²) in [4.78, 5) is 24.6. The number of carbonyl (C=O) groups is 2. The Bertz CT molecular complexity index is 465. The third kappa shape index (κ3) is 6.93. The average Bonchev–Trinajstić information content (AvgIpc) is 2.34. The van der Waals surface area contributed by atoms with Crippen LogP contribution in [0.4, 0.5) is 0 Å². The van der Waals surface area contributed by atoms with Crippen molar-refractivity contribution < 1.29 is 18.0 Å². The lowest BCUT2D eigenvalue weighted by Crippen LogP contribution is -2.40. The molecule has 0 aromatic carbocycles. The number of carbonyl (C=O) groups excluding carboxylic acids is 2. The topological polar surface area (TPSA) is 97.5 Å². The fourth-order valence-electron chi connectivity index (χ4n) is 2.66. The van der Waals surface area contributed by atoms with Crippen molar-refractivity contribution in [2.24, 2.45) is 17.6 Å². The average molecular weight is 318 g/mol. The first-order valence-electron chi connectivity index (χ1n) is 7.46. The van der Waals surface area contributed by atoms with Crippen molar-refractivity contribution in [2.45, 2.75) is 39.5 Å². The Hall–Kier alpha value is -1.11. The summed E-state index contributed by atoms with van der Waals surface area (Å²) in [5.41, 5.74) is 5.17. The molecule has 21 heavy (non-hydrogen) atoms. The van der Waals surface area contributed by atoms with Crippen molar-refractivity contribution in [1.29, 1.82) is 0 Å². The zero-order valence-corrected chi connectivity index (χ0v) is 13.7. The third-order valence-corrected chi connectivity index (χ3v) is 5.67. The van der Waals surface area contributed by atoms with E-state index in [9.17, 15) is 18.0 Å². The molecule has 1 heterocycles. The zero-order chi connectivity index (χ0) is 16.0. The van der Waals surface area contributed by atoms with E-state index in [-0.39, 0.29) is 41.6 Å². The number of hydrogen-bond acceptors (Lipinski definition) is 4. The summed E-state index contributed by atoms with van der Waals surface area (Å²) < 4.78 is 23.6. The highest BCUT2D eigenvalue weighted by atomic mass is 32.2. The lowest BCUT2D eigenvalue weighted by atomic mass is 9.93. The number of amides is 2. The maximum Gasteiger partial charge on any atom is 0.223 e. The molecule has 0 saturated carbocycles. The Morgan fingerprint density at radius 2 is 1.81 bits per heavy atom. The van der Waals surface area contributed by atoms with Gasteiger partial charge in [0.25, 0.3) is 0 Å². The number of nitrogens with two attached hydrogens (primary N) is 1. The van der Waals surface area contributed by atoms with Gasteiger partial charge < -0.3 is 10.6 Å². The van der Waals surface area contributed by atoms with Gasteiger partial charge in [-0.25, -0.2) is 8.42 Å². The van der Waals surface area contributed by atoms with Gasteiger partial charge in [0.15, 0.2) is 9.84 Å². The summed E-state index contributed by atoms with van der Waals surface area (Å²) in [7, 11) is -3.15. The van der Waals surface area contributed by atoms with Crippen LogP contribution in [0, 0.1) is 11.8 Å². The van der Waals surface area contributed by atoms with E-state index in [4.69, 9.17) is 5.73 Å². The standard InChI is InChI=1S/C14H26N2O4S/c1-11(2)10-21(19,20)8-5-14(18)16-6-3-12(4-7-16)9-13(15)17/h11-12H,3-10H2,1-2H3,(H2,15,17). The molecule has 0 radical (unpaired) electrons. The predicted octanol–water partition coefficient (Wildman–Crippen LogP) is 0.561. The van der Waals surface area contributed by atoms with Crippen LogP contribution in [0.5, 0.6) is 0 Å². The second kappa shape index (κ2) is 7.77. The Kier molecular flexibility index (Phi) is 6.64. The van der Waals surface area contributed by atoms with Crippen LogP contribution < -0.4 is 5.73 Å². The summed E-state index contributed by atoms with van der Waals surface area (Å²) in [5.74, 6) is -0.0445. The van der Waals surface area contributed by atoms with Crippen molar-refractivity contribution >= 4 is 21.7 Å². The fraction of sp³-hybridized carbons (Fsp3) is 0.857. The lowest BCUT2D eigenvalue weighted by molar-refractivity contribution is -0.132. The molecular formula is C14H26N2O4S. The normalized spacial score (nSPS) is 17.2. The highest BCUT2D eigenvalue weighted by Gasteiger charge is 2.25. The summed E-state index contributed by atoms with van der Waals surface area (Å²) in [6.45, 7) is 4.87. The predicted molar refractivity (Wildman–Crippen MR) is 81.2 cm³/mol. The molecule has 0 atom stereocenters. The largest absolute Gasteiger partial charge is 0.370 e. The van der Waals surface area contributed by atoms with Crippen LogP contribution in [0.1, 0.15) is 39.5 Å². The molecule has 2 amide bonds. The Morgan fingerprint density at radius 1 is 1.24 bits per heavy atom. The van der Waals surface area contributed by atoms with Crippen molar-refractivity contribution in [3.63, 3.8) is 0 Å². The first-order chi connectivity index (χ1) is 9.69. The van der Waals surface area contributed by atoms with Gasteiger partial charge in [-0.3, -0.25) is 9.59 Å². The Balaban J connectivity index is 2.36. The first kappa shape index (κ1) is 17.9. The highest BCUT2D eigenvalue weighted by molar-refractivity contribution is 7.91. The number of primary amides is 1. The molecule has 0 aromatic heterocycles. The second-order valence-electron chi connectivity index (χ2n) is 6.25. The summed E-state index contributed by atoms with van der Waals surface area (Å²) in [5, 5.41) is 0. The summed E-state index contributed by atoms with van der Waals surface area (Å²) in [6, 6.07) is 0. The number of rotatable bonds is 7. The van der Waals surface area contributed by atoms with Crippen molar-refractivity contribution in [3.8, 4) is 0 Å². The maximum atomic E-state index is 12.0. The van der Waals surface area contributed by atoms with Gasteiger partial charge in [0.05, 0.1) is 11.5 Å². The Labute approximate surface area is 127 Å². The molecule has 1 fully saturated rings. The fourth-order valence-corrected chi connectivity index (χ4v) is 4.33. The maximum absolute atomic E-state index is 12.0. The molecule has 0 aliphatic carbocycles. The number of hydrogen-bond donors (Lipinski definition) is 1. The monoisotopic (exact) mass is 318 g/mol. The van der Waals surface area contributed by atoms with Gasteiger partial charge in [0.2, 0.25) is 11.8 Å². The van der Waals surface area contributed by atoms with Crippen LogP contribution in [-0.2, 0) is 19.4 Å². The quantitative estimate of drug-likeness (QED) is 0.741. The molecule has 2 N–H and O–H groups in total. The van der Waals surface area contributed by atoms with Crippen LogP contribution >= 0.6 is 0 Å². The number of likely N-dealkylation sites (tertiary alicyclic amines) is 1. The lowest BCUT2D eigenvalue weighted by Gasteiger charge is -2.31. The van der Waals surface area contributed by atoms with Crippen LogP contribution in [-0.4, -0.2) is 49.7 Å². The van der Waals surface area contributed by atoms with E-state index in [1.807, 2.05) is 13.8 Å². The van der Waals surface area contributed by atoms with Gasteiger partial charge >= 0.3 is 0 Å². The van der Waals surface area contributed by atoms with Crippen molar-refractivity contribution in [1.82, 2.24) is 4.90 Å². The van der Waals surface area contributed by atoms with Gasteiger partial charge in [0, 0.05) is 25.9 Å². The zero-order valence-electron chi connectivity index (χ0n) is 12.9. The minimum atomic E-state index is -3.15. The minimum Gasteiger partial charge on any atom is -0.370 e. The third-order valence-electron chi connectivity index (χ3n) is 3.67. The molecule has 0 bridgehead atoms. The van der Waals surface area contributed by atoms with Crippen LogP contribution in [0.3, 0.4) is 0 Å². The molecule has 122 valence electrons. The minimum absolute atomic E-state index is 0.0511. The van der Waals surface area contributed by atoms with Crippen molar-refractivity contribution in [3.05, 3.63) is 0 Å². The van der Waals surface area contributed by atoms with Gasteiger partial charge in [-0.2, -0.15) is 0 Å². The van der Waals surface area contributed by atoms with Gasteiger partial charge in [-0.15, -0.1) is 0 Å². The molecule has 6 nitrogen and oxygen atoms in total. The number of piperidine rings is 1. The SMILES string of the molecule is CC(C)CS(=O)(=O)CCC(=O)N1CCC(CC(N)=O)CC1. The molecule has 1 aliphatic heterocycles. The smallest absolute Gasteiger partial charge is 0.223 e. The van der Waals surface area contributed by atoms with E-state index < -0.39 is 9.84 Å². The molecule has 0 unspecified atom stereocenters. The molecular weight excluding hydrogens is 292 g/mol. The molecule has 1 saturated heterocycles. The van der Waals surface area contributed by atoms with Crippen LogP contribution in [0.2, 0.25) is 0 Å². The van der Waals surface area contributed by atoms with Crippen molar-refractivity contribution in [2.75, 3.05) is 24.6 Å². The second-order valence-corrected chi connectivity index (χ2v) is 8.48. The highest BCUT2D eigenvalue weighted by Crippen LogP contribution is 2.20. The number of sulfone groups is 1.